The Balaban J connectivity index is 3.43. The molecule has 1 aromatic carbocycles. The number of ether oxygens (including phenoxy) is 1. The van der Waals surface area contributed by atoms with Gasteiger partial charge in [-0.1, -0.05) is 0 Å². The van der Waals surface area contributed by atoms with Gasteiger partial charge in [-0.3, -0.25) is 4.79 Å². The minimum atomic E-state index is -4.76. The smallest absolute Gasteiger partial charge is 0.417 e. The van der Waals surface area contributed by atoms with Crippen molar-refractivity contribution in [1.82, 2.24) is 0 Å². The molecule has 2 nitrogen and oxygen atoms in total. The van der Waals surface area contributed by atoms with E-state index in [0.717, 1.165) is 13.0 Å². The zero-order chi connectivity index (χ0) is 14.1. The lowest BCUT2D eigenvalue weighted by atomic mass is 10.0. The average molecular weight is 333 g/mol. The van der Waals surface area contributed by atoms with Gasteiger partial charge in [0.25, 0.3) is 0 Å². The largest absolute Gasteiger partial charge is 0.434 e. The zero-order valence-electron chi connectivity index (χ0n) is 8.82. The van der Waals surface area contributed by atoms with Crippen molar-refractivity contribution < 1.29 is 31.5 Å². The van der Waals surface area contributed by atoms with Crippen LogP contribution in [0.1, 0.15) is 22.8 Å². The maximum absolute atomic E-state index is 12.6. The van der Waals surface area contributed by atoms with Crippen molar-refractivity contribution in [2.75, 3.05) is 0 Å². The number of carbonyl (C=O) groups is 1. The third kappa shape index (κ3) is 3.18. The van der Waals surface area contributed by atoms with Crippen molar-refractivity contribution in [1.29, 1.82) is 0 Å². The molecule has 0 heterocycles. The summed E-state index contributed by atoms with van der Waals surface area (Å²) in [5, 5.41) is 0. The average Bonchev–Trinajstić information content (AvgIpc) is 2.17. The van der Waals surface area contributed by atoms with Crippen LogP contribution in [0.25, 0.3) is 0 Å². The van der Waals surface area contributed by atoms with Gasteiger partial charge in [-0.05, 0) is 35.0 Å². The quantitative estimate of drug-likeness (QED) is 0.610. The molecule has 0 atom stereocenters. The third-order valence-electron chi connectivity index (χ3n) is 1.98. The summed E-state index contributed by atoms with van der Waals surface area (Å²) in [6.45, 7) is -2.29. The van der Waals surface area contributed by atoms with Crippen molar-refractivity contribution >= 4 is 21.7 Å². The molecule has 100 valence electrons. The predicted molar refractivity (Wildman–Crippen MR) is 55.8 cm³/mol. The summed E-state index contributed by atoms with van der Waals surface area (Å²) in [5.41, 5.74) is -1.94. The van der Waals surface area contributed by atoms with Crippen LogP contribution in [0.2, 0.25) is 0 Å². The van der Waals surface area contributed by atoms with Gasteiger partial charge in [0.2, 0.25) is 0 Å². The van der Waals surface area contributed by atoms with Crippen LogP contribution in [-0.2, 0) is 6.18 Å². The minimum Gasteiger partial charge on any atom is -0.434 e. The summed E-state index contributed by atoms with van der Waals surface area (Å²) in [5.74, 6) is -1.43. The second kappa shape index (κ2) is 5.21. The van der Waals surface area contributed by atoms with Gasteiger partial charge in [0.15, 0.2) is 5.78 Å². The molecule has 0 radical (unpaired) electrons. The number of alkyl halides is 5. The maximum atomic E-state index is 12.6. The lowest BCUT2D eigenvalue weighted by Gasteiger charge is -2.15. The maximum Gasteiger partial charge on any atom is 0.417 e. The highest BCUT2D eigenvalue weighted by atomic mass is 79.9. The van der Waals surface area contributed by atoms with Crippen molar-refractivity contribution in [3.8, 4) is 5.75 Å². The van der Waals surface area contributed by atoms with Gasteiger partial charge < -0.3 is 4.74 Å². The first-order valence-corrected chi connectivity index (χ1v) is 5.29. The molecule has 18 heavy (non-hydrogen) atoms. The van der Waals surface area contributed by atoms with Gasteiger partial charge in [-0.2, -0.15) is 22.0 Å². The molecule has 0 spiro atoms. The number of halogens is 6. The van der Waals surface area contributed by atoms with E-state index < -0.39 is 39.9 Å². The first-order chi connectivity index (χ1) is 8.14. The fourth-order valence-corrected chi connectivity index (χ4v) is 2.04. The number of benzene rings is 1. The third-order valence-corrected chi connectivity index (χ3v) is 2.77. The van der Waals surface area contributed by atoms with Gasteiger partial charge in [0.05, 0.1) is 10.0 Å². The molecule has 0 aliphatic heterocycles. The van der Waals surface area contributed by atoms with Crippen molar-refractivity contribution in [3.05, 3.63) is 27.7 Å². The lowest BCUT2D eigenvalue weighted by molar-refractivity contribution is -0.138. The van der Waals surface area contributed by atoms with E-state index in [1.54, 1.807) is 0 Å². The number of hydrogen-bond donors (Lipinski definition) is 0. The second-order valence-electron chi connectivity index (χ2n) is 3.23. The van der Waals surface area contributed by atoms with Gasteiger partial charge in [-0.15, -0.1) is 0 Å². The van der Waals surface area contributed by atoms with Crippen LogP contribution in [0.5, 0.6) is 5.75 Å². The number of carbonyl (C=O) groups excluding carboxylic acids is 1. The van der Waals surface area contributed by atoms with Gasteiger partial charge in [-0.25, -0.2) is 0 Å². The molecular weight excluding hydrogens is 327 g/mol. The number of hydrogen-bond acceptors (Lipinski definition) is 2. The first-order valence-electron chi connectivity index (χ1n) is 4.50. The summed E-state index contributed by atoms with van der Waals surface area (Å²) >= 11 is 2.67. The second-order valence-corrected chi connectivity index (χ2v) is 4.03. The molecule has 0 aromatic heterocycles. The summed E-state index contributed by atoms with van der Waals surface area (Å²) in [6.07, 6.45) is -4.76. The Kier molecular flexibility index (Phi) is 4.31. The fraction of sp³-hybridized carbons (Fsp3) is 0.300. The minimum absolute atomic E-state index is 0.440. The van der Waals surface area contributed by atoms with E-state index in [-0.39, 0.29) is 0 Å². The summed E-state index contributed by atoms with van der Waals surface area (Å²) in [7, 11) is 0. The van der Waals surface area contributed by atoms with E-state index in [1.165, 1.54) is 0 Å². The van der Waals surface area contributed by atoms with Crippen molar-refractivity contribution in [2.24, 2.45) is 0 Å². The molecule has 0 bridgehead atoms. The molecule has 0 saturated heterocycles. The molecule has 0 fully saturated rings. The Bertz CT molecular complexity index is 470. The van der Waals surface area contributed by atoms with Crippen LogP contribution in [0.3, 0.4) is 0 Å². The van der Waals surface area contributed by atoms with E-state index in [2.05, 4.69) is 20.7 Å². The highest BCUT2D eigenvalue weighted by Crippen LogP contribution is 2.39. The Morgan fingerprint density at radius 2 is 1.89 bits per heavy atom. The summed E-state index contributed by atoms with van der Waals surface area (Å²) < 4.78 is 65.5. The van der Waals surface area contributed by atoms with Crippen molar-refractivity contribution in [2.45, 2.75) is 19.7 Å². The Labute approximate surface area is 107 Å². The summed E-state index contributed by atoms with van der Waals surface area (Å²) in [6, 6.07) is 1.25. The molecule has 1 rings (SSSR count). The molecule has 0 amide bonds. The lowest BCUT2D eigenvalue weighted by Crippen LogP contribution is -2.14. The molecule has 0 aliphatic carbocycles. The predicted octanol–water partition coefficient (Wildman–Crippen LogP) is 4.27. The van der Waals surface area contributed by atoms with E-state index in [4.69, 9.17) is 0 Å². The SMILES string of the molecule is CC(=O)c1c(C(F)(F)F)ccc(OC(F)F)c1Br. The van der Waals surface area contributed by atoms with Crippen LogP contribution >= 0.6 is 15.9 Å². The monoisotopic (exact) mass is 332 g/mol. The van der Waals surface area contributed by atoms with Crippen LogP contribution in [-0.4, -0.2) is 12.4 Å². The van der Waals surface area contributed by atoms with E-state index in [0.29, 0.717) is 6.07 Å². The van der Waals surface area contributed by atoms with E-state index in [1.807, 2.05) is 0 Å². The molecule has 8 heteroatoms. The molecule has 0 N–H and O–H groups in total. The van der Waals surface area contributed by atoms with Gasteiger partial charge >= 0.3 is 12.8 Å². The normalized spacial score (nSPS) is 11.8. The van der Waals surface area contributed by atoms with Crippen LogP contribution < -0.4 is 4.74 Å². The highest BCUT2D eigenvalue weighted by Gasteiger charge is 2.36. The Hall–Kier alpha value is -1.18. The number of rotatable bonds is 3. The first kappa shape index (κ1) is 14.9. The summed E-state index contributed by atoms with van der Waals surface area (Å²) in [4.78, 5) is 11.2. The van der Waals surface area contributed by atoms with Crippen LogP contribution in [0, 0.1) is 0 Å². The molecule has 0 saturated carbocycles. The molecular formula is C10H6BrF5O2. The van der Waals surface area contributed by atoms with E-state index >= 15 is 0 Å². The molecule has 0 unspecified atom stereocenters. The Morgan fingerprint density at radius 3 is 2.28 bits per heavy atom. The number of ketones is 1. The Morgan fingerprint density at radius 1 is 1.33 bits per heavy atom. The van der Waals surface area contributed by atoms with Crippen LogP contribution in [0.15, 0.2) is 16.6 Å². The van der Waals surface area contributed by atoms with Crippen LogP contribution in [0.4, 0.5) is 22.0 Å². The van der Waals surface area contributed by atoms with Gasteiger partial charge in [0, 0.05) is 5.56 Å². The van der Waals surface area contributed by atoms with Crippen molar-refractivity contribution in [3.63, 3.8) is 0 Å². The topological polar surface area (TPSA) is 26.3 Å². The standard InChI is InChI=1S/C10H6BrF5O2/c1-4(17)7-5(10(14,15)16)2-3-6(8(7)11)18-9(12)13/h2-3,9H,1H3. The fourth-order valence-electron chi connectivity index (χ4n) is 1.32. The zero-order valence-corrected chi connectivity index (χ0v) is 10.4. The van der Waals surface area contributed by atoms with E-state index in [9.17, 15) is 26.7 Å². The highest BCUT2D eigenvalue weighted by molar-refractivity contribution is 9.10. The molecule has 1 aromatic rings. The number of Topliss-reactive ketones (excluding diaryl/α,β-unsaturated/α-hetero) is 1. The van der Waals surface area contributed by atoms with Gasteiger partial charge in [0.1, 0.15) is 5.75 Å². The molecule has 0 aliphatic rings.